The second-order valence-corrected chi connectivity index (χ2v) is 7.53. The van der Waals surface area contributed by atoms with Crippen LogP contribution in [0.5, 0.6) is 5.75 Å². The van der Waals surface area contributed by atoms with Gasteiger partial charge in [0, 0.05) is 17.9 Å². The topological polar surface area (TPSA) is 109 Å². The molecule has 0 aliphatic carbocycles. The highest BCUT2D eigenvalue weighted by molar-refractivity contribution is 7.80. The van der Waals surface area contributed by atoms with Gasteiger partial charge in [-0.05, 0) is 55.0 Å². The Morgan fingerprint density at radius 1 is 0.968 bits per heavy atom. The predicted molar refractivity (Wildman–Crippen MR) is 123 cm³/mol. The quantitative estimate of drug-likeness (QED) is 0.356. The molecule has 0 saturated heterocycles. The summed E-state index contributed by atoms with van der Waals surface area (Å²) in [5.41, 5.74) is 5.94. The first-order valence-corrected chi connectivity index (χ1v) is 10.2. The number of thiocarbonyl (C=S) groups is 1. The van der Waals surface area contributed by atoms with Gasteiger partial charge in [0.1, 0.15) is 5.75 Å². The minimum Gasteiger partial charge on any atom is -0.483 e. The molecule has 4 N–H and O–H groups in total. The Hall–Kier alpha value is -2.88. The molecular formula is C20H20Cl2N4O4S. The third kappa shape index (κ3) is 8.79. The first-order valence-electron chi connectivity index (χ1n) is 9.06. The van der Waals surface area contributed by atoms with Gasteiger partial charge in [-0.3, -0.25) is 30.6 Å². The minimum atomic E-state index is -0.514. The van der Waals surface area contributed by atoms with Crippen molar-refractivity contribution in [1.82, 2.24) is 16.2 Å². The van der Waals surface area contributed by atoms with Gasteiger partial charge in [-0.1, -0.05) is 35.3 Å². The molecule has 2 rings (SSSR count). The molecule has 31 heavy (non-hydrogen) atoms. The van der Waals surface area contributed by atoms with E-state index in [9.17, 15) is 14.4 Å². The summed E-state index contributed by atoms with van der Waals surface area (Å²) in [5.74, 6) is -0.852. The van der Waals surface area contributed by atoms with Gasteiger partial charge in [0.25, 0.3) is 5.91 Å². The summed E-state index contributed by atoms with van der Waals surface area (Å²) < 4.78 is 5.40. The fourth-order valence-electron chi connectivity index (χ4n) is 2.30. The molecular weight excluding hydrogens is 463 g/mol. The summed E-state index contributed by atoms with van der Waals surface area (Å²) in [4.78, 5) is 35.7. The summed E-state index contributed by atoms with van der Waals surface area (Å²) in [7, 11) is 0. The third-order valence-electron chi connectivity index (χ3n) is 3.79. The number of para-hydroxylation sites is 1. The SMILES string of the molecule is Cc1cc(Cl)ccc1OCC(=O)NC(=S)NNC(=O)CCC(=O)Nc1ccccc1Cl. The molecule has 0 aliphatic heterocycles. The Labute approximate surface area is 194 Å². The normalized spacial score (nSPS) is 10.0. The van der Waals surface area contributed by atoms with Crippen LogP contribution in [-0.4, -0.2) is 29.4 Å². The zero-order valence-electron chi connectivity index (χ0n) is 16.5. The van der Waals surface area contributed by atoms with Crippen molar-refractivity contribution in [3.63, 3.8) is 0 Å². The highest BCUT2D eigenvalue weighted by atomic mass is 35.5. The van der Waals surface area contributed by atoms with Crippen molar-refractivity contribution in [2.75, 3.05) is 11.9 Å². The van der Waals surface area contributed by atoms with Crippen molar-refractivity contribution >= 4 is 63.9 Å². The molecule has 8 nitrogen and oxygen atoms in total. The Morgan fingerprint density at radius 3 is 2.39 bits per heavy atom. The highest BCUT2D eigenvalue weighted by Gasteiger charge is 2.11. The van der Waals surface area contributed by atoms with E-state index in [4.69, 9.17) is 40.2 Å². The highest BCUT2D eigenvalue weighted by Crippen LogP contribution is 2.22. The number of carbonyl (C=O) groups is 3. The van der Waals surface area contributed by atoms with Crippen LogP contribution in [-0.2, 0) is 14.4 Å². The van der Waals surface area contributed by atoms with Gasteiger partial charge in [-0.2, -0.15) is 0 Å². The van der Waals surface area contributed by atoms with E-state index < -0.39 is 11.8 Å². The van der Waals surface area contributed by atoms with Gasteiger partial charge < -0.3 is 10.1 Å². The fourth-order valence-corrected chi connectivity index (χ4v) is 2.88. The number of benzene rings is 2. The van der Waals surface area contributed by atoms with Gasteiger partial charge >= 0.3 is 0 Å². The van der Waals surface area contributed by atoms with Gasteiger partial charge in [-0.25, -0.2) is 0 Å². The molecule has 0 bridgehead atoms. The van der Waals surface area contributed by atoms with Gasteiger partial charge in [0.15, 0.2) is 11.7 Å². The number of hydrogen-bond acceptors (Lipinski definition) is 5. The lowest BCUT2D eigenvalue weighted by Crippen LogP contribution is -2.49. The molecule has 0 unspecified atom stereocenters. The number of rotatable bonds is 7. The number of carbonyl (C=O) groups excluding carboxylic acids is 3. The summed E-state index contributed by atoms with van der Waals surface area (Å²) in [6, 6.07) is 11.8. The summed E-state index contributed by atoms with van der Waals surface area (Å²) >= 11 is 16.8. The number of hydrogen-bond donors (Lipinski definition) is 4. The first-order chi connectivity index (χ1) is 14.7. The molecule has 0 atom stereocenters. The monoisotopic (exact) mass is 482 g/mol. The largest absolute Gasteiger partial charge is 0.483 e. The van der Waals surface area contributed by atoms with E-state index in [1.807, 2.05) is 0 Å². The van der Waals surface area contributed by atoms with Gasteiger partial charge in [-0.15, -0.1) is 0 Å². The van der Waals surface area contributed by atoms with Gasteiger partial charge in [0.2, 0.25) is 11.8 Å². The lowest BCUT2D eigenvalue weighted by atomic mass is 10.2. The molecule has 2 aromatic carbocycles. The van der Waals surface area contributed by atoms with E-state index in [-0.39, 0.29) is 30.5 Å². The summed E-state index contributed by atoms with van der Waals surface area (Å²) in [6.07, 6.45) is -0.162. The number of nitrogens with one attached hydrogen (secondary N) is 4. The Balaban J connectivity index is 1.64. The number of halogens is 2. The van der Waals surface area contributed by atoms with E-state index in [1.54, 1.807) is 49.4 Å². The van der Waals surface area contributed by atoms with Crippen LogP contribution in [0, 0.1) is 6.92 Å². The maximum atomic E-state index is 11.9. The van der Waals surface area contributed by atoms with Crippen LogP contribution in [0.15, 0.2) is 42.5 Å². The predicted octanol–water partition coefficient (Wildman–Crippen LogP) is 3.12. The molecule has 0 heterocycles. The van der Waals surface area contributed by atoms with Crippen LogP contribution in [0.3, 0.4) is 0 Å². The average Bonchev–Trinajstić information content (AvgIpc) is 2.72. The molecule has 11 heteroatoms. The molecule has 164 valence electrons. The van der Waals surface area contributed by atoms with E-state index >= 15 is 0 Å². The zero-order chi connectivity index (χ0) is 22.8. The van der Waals surface area contributed by atoms with Crippen molar-refractivity contribution in [1.29, 1.82) is 0 Å². The van der Waals surface area contributed by atoms with Crippen molar-refractivity contribution in [2.24, 2.45) is 0 Å². The smallest absolute Gasteiger partial charge is 0.264 e. The average molecular weight is 483 g/mol. The number of amides is 3. The van der Waals surface area contributed by atoms with Crippen molar-refractivity contribution in [3.8, 4) is 5.75 Å². The van der Waals surface area contributed by atoms with Crippen LogP contribution < -0.4 is 26.2 Å². The molecule has 0 aliphatic rings. The van der Waals surface area contributed by atoms with Crippen molar-refractivity contribution in [2.45, 2.75) is 19.8 Å². The van der Waals surface area contributed by atoms with E-state index in [2.05, 4.69) is 21.5 Å². The first kappa shape index (κ1) is 24.4. The second kappa shape index (κ2) is 12.1. The molecule has 0 radical (unpaired) electrons. The fraction of sp³-hybridized carbons (Fsp3) is 0.200. The van der Waals surface area contributed by atoms with Crippen LogP contribution in [0.25, 0.3) is 0 Å². The second-order valence-electron chi connectivity index (χ2n) is 6.28. The molecule has 2 aromatic rings. The van der Waals surface area contributed by atoms with Gasteiger partial charge in [0.05, 0.1) is 10.7 Å². The number of anilines is 1. The van der Waals surface area contributed by atoms with Crippen molar-refractivity contribution in [3.05, 3.63) is 58.1 Å². The summed E-state index contributed by atoms with van der Waals surface area (Å²) in [6.45, 7) is 1.52. The van der Waals surface area contributed by atoms with E-state index in [0.29, 0.717) is 21.5 Å². The molecule has 3 amide bonds. The van der Waals surface area contributed by atoms with Crippen LogP contribution in [0.4, 0.5) is 5.69 Å². The molecule has 0 aromatic heterocycles. The molecule has 0 saturated carbocycles. The van der Waals surface area contributed by atoms with Crippen LogP contribution >= 0.6 is 35.4 Å². The van der Waals surface area contributed by atoms with E-state index in [1.165, 1.54) is 0 Å². The maximum absolute atomic E-state index is 11.9. The lowest BCUT2D eigenvalue weighted by molar-refractivity contribution is -0.125. The molecule has 0 spiro atoms. The lowest BCUT2D eigenvalue weighted by Gasteiger charge is -2.12. The standard InChI is InChI=1S/C20H20Cl2N4O4S/c1-12-10-13(21)6-7-16(12)30-11-19(29)24-20(31)26-25-18(28)9-8-17(27)23-15-5-3-2-4-14(15)22/h2-7,10H,8-9,11H2,1H3,(H,23,27)(H,25,28)(H2,24,26,29,31). The molecule has 0 fully saturated rings. The number of hydrazine groups is 1. The van der Waals surface area contributed by atoms with E-state index in [0.717, 1.165) is 5.56 Å². The Bertz CT molecular complexity index is 987. The number of aryl methyl sites for hydroxylation is 1. The Morgan fingerprint density at radius 2 is 1.68 bits per heavy atom. The zero-order valence-corrected chi connectivity index (χ0v) is 18.8. The summed E-state index contributed by atoms with van der Waals surface area (Å²) in [5, 5.41) is 5.83. The third-order valence-corrected chi connectivity index (χ3v) is 4.56. The maximum Gasteiger partial charge on any atom is 0.264 e. The van der Waals surface area contributed by atoms with Crippen LogP contribution in [0.1, 0.15) is 18.4 Å². The minimum absolute atomic E-state index is 0.0634. The number of ether oxygens (including phenoxy) is 1. The van der Waals surface area contributed by atoms with Crippen LogP contribution in [0.2, 0.25) is 10.0 Å². The Kier molecular flexibility index (Phi) is 9.51. The van der Waals surface area contributed by atoms with Crippen molar-refractivity contribution < 1.29 is 19.1 Å².